The predicted molar refractivity (Wildman–Crippen MR) is 105 cm³/mol. The standard InChI is InChI=1S/C21H27N5O/c1-24-13-14-26(19(16-24)17-5-3-2-4-6-17)21(27)18-7-11-25(12-8-18)20-15-22-9-10-23-20/h2-6,9-10,15,18-19H,7-8,11-14,16H2,1H3. The normalized spacial score (nSPS) is 22.0. The lowest BCUT2D eigenvalue weighted by molar-refractivity contribution is -0.141. The third-order valence-electron chi connectivity index (χ3n) is 5.77. The molecule has 2 fully saturated rings. The van der Waals surface area contributed by atoms with Gasteiger partial charge in [0, 0.05) is 51.0 Å². The number of aromatic nitrogens is 2. The Hall–Kier alpha value is -2.47. The van der Waals surface area contributed by atoms with Crippen molar-refractivity contribution < 1.29 is 4.79 Å². The summed E-state index contributed by atoms with van der Waals surface area (Å²) in [6, 6.07) is 10.6. The minimum atomic E-state index is 0.104. The number of hydrogen-bond donors (Lipinski definition) is 0. The largest absolute Gasteiger partial charge is 0.355 e. The maximum Gasteiger partial charge on any atom is 0.226 e. The van der Waals surface area contributed by atoms with E-state index >= 15 is 0 Å². The Bertz CT molecular complexity index is 746. The second kappa shape index (κ2) is 8.05. The summed E-state index contributed by atoms with van der Waals surface area (Å²) < 4.78 is 0. The molecule has 6 nitrogen and oxygen atoms in total. The Kier molecular flexibility index (Phi) is 5.34. The Morgan fingerprint density at radius 3 is 2.52 bits per heavy atom. The van der Waals surface area contributed by atoms with Crippen LogP contribution in [-0.4, -0.2) is 65.4 Å². The maximum absolute atomic E-state index is 13.3. The predicted octanol–water partition coefficient (Wildman–Crippen LogP) is 2.21. The van der Waals surface area contributed by atoms with Crippen LogP contribution in [0.1, 0.15) is 24.4 Å². The van der Waals surface area contributed by atoms with Crippen LogP contribution in [0.2, 0.25) is 0 Å². The minimum absolute atomic E-state index is 0.104. The topological polar surface area (TPSA) is 52.6 Å². The molecular weight excluding hydrogens is 338 g/mol. The van der Waals surface area contributed by atoms with E-state index in [0.29, 0.717) is 5.91 Å². The molecule has 0 spiro atoms. The van der Waals surface area contributed by atoms with Crippen molar-refractivity contribution in [1.82, 2.24) is 19.8 Å². The van der Waals surface area contributed by atoms with Gasteiger partial charge in [0.15, 0.2) is 0 Å². The minimum Gasteiger partial charge on any atom is -0.355 e. The van der Waals surface area contributed by atoms with Crippen LogP contribution in [0.25, 0.3) is 0 Å². The van der Waals surface area contributed by atoms with Gasteiger partial charge in [-0.05, 0) is 25.5 Å². The molecule has 1 amide bonds. The van der Waals surface area contributed by atoms with Gasteiger partial charge in [-0.15, -0.1) is 0 Å². The van der Waals surface area contributed by atoms with Crippen LogP contribution in [0.3, 0.4) is 0 Å². The lowest BCUT2D eigenvalue weighted by Gasteiger charge is -2.43. The zero-order chi connectivity index (χ0) is 18.6. The molecule has 0 saturated carbocycles. The molecule has 2 aliphatic heterocycles. The van der Waals surface area contributed by atoms with E-state index in [0.717, 1.165) is 51.4 Å². The molecule has 4 rings (SSSR count). The number of carbonyl (C=O) groups is 1. The van der Waals surface area contributed by atoms with E-state index < -0.39 is 0 Å². The van der Waals surface area contributed by atoms with Crippen LogP contribution in [-0.2, 0) is 4.79 Å². The fourth-order valence-electron chi connectivity index (χ4n) is 4.19. The average Bonchev–Trinajstić information content (AvgIpc) is 2.74. The van der Waals surface area contributed by atoms with Gasteiger partial charge in [-0.1, -0.05) is 30.3 Å². The van der Waals surface area contributed by atoms with Crippen LogP contribution in [0.4, 0.5) is 5.82 Å². The summed E-state index contributed by atoms with van der Waals surface area (Å²) >= 11 is 0. The van der Waals surface area contributed by atoms with Crippen molar-refractivity contribution in [3.63, 3.8) is 0 Å². The first-order chi connectivity index (χ1) is 13.2. The lowest BCUT2D eigenvalue weighted by atomic mass is 9.93. The van der Waals surface area contributed by atoms with Crippen LogP contribution in [0.5, 0.6) is 0 Å². The van der Waals surface area contributed by atoms with Crippen LogP contribution < -0.4 is 4.90 Å². The summed E-state index contributed by atoms with van der Waals surface area (Å²) in [6.45, 7) is 4.36. The molecule has 3 heterocycles. The molecule has 1 aromatic heterocycles. The Morgan fingerprint density at radius 1 is 1.04 bits per heavy atom. The molecule has 1 aromatic carbocycles. The van der Waals surface area contributed by atoms with Gasteiger partial charge in [-0.3, -0.25) is 9.78 Å². The third-order valence-corrected chi connectivity index (χ3v) is 5.77. The zero-order valence-corrected chi connectivity index (χ0v) is 15.9. The van der Waals surface area contributed by atoms with E-state index in [1.54, 1.807) is 18.6 Å². The van der Waals surface area contributed by atoms with Gasteiger partial charge < -0.3 is 14.7 Å². The Balaban J connectivity index is 1.44. The summed E-state index contributed by atoms with van der Waals surface area (Å²) in [5.41, 5.74) is 1.23. The molecule has 1 atom stereocenters. The number of amides is 1. The quantitative estimate of drug-likeness (QED) is 0.835. The molecule has 0 radical (unpaired) electrons. The number of anilines is 1. The van der Waals surface area contributed by atoms with Crippen molar-refractivity contribution in [2.75, 3.05) is 44.7 Å². The second-order valence-electron chi connectivity index (χ2n) is 7.55. The van der Waals surface area contributed by atoms with E-state index in [4.69, 9.17) is 0 Å². The number of piperidine rings is 1. The Labute approximate surface area is 160 Å². The second-order valence-corrected chi connectivity index (χ2v) is 7.55. The van der Waals surface area contributed by atoms with Gasteiger partial charge in [0.1, 0.15) is 5.82 Å². The van der Waals surface area contributed by atoms with Crippen LogP contribution in [0, 0.1) is 5.92 Å². The molecular formula is C21H27N5O. The van der Waals surface area contributed by atoms with Gasteiger partial charge in [-0.2, -0.15) is 0 Å². The SMILES string of the molecule is CN1CCN(C(=O)C2CCN(c3cnccn3)CC2)C(c2ccccc2)C1. The summed E-state index contributed by atoms with van der Waals surface area (Å²) in [5, 5.41) is 0. The number of nitrogens with zero attached hydrogens (tertiary/aromatic N) is 5. The van der Waals surface area contributed by atoms with Gasteiger partial charge in [0.25, 0.3) is 0 Å². The monoisotopic (exact) mass is 365 g/mol. The molecule has 2 aromatic rings. The van der Waals surface area contributed by atoms with Crippen LogP contribution >= 0.6 is 0 Å². The molecule has 0 bridgehead atoms. The lowest BCUT2D eigenvalue weighted by Crippen LogP contribution is -2.52. The fourth-order valence-corrected chi connectivity index (χ4v) is 4.19. The van der Waals surface area contributed by atoms with E-state index in [-0.39, 0.29) is 12.0 Å². The van der Waals surface area contributed by atoms with Crippen LogP contribution in [0.15, 0.2) is 48.9 Å². The first-order valence-corrected chi connectivity index (χ1v) is 9.77. The first kappa shape index (κ1) is 17.9. The number of carbonyl (C=O) groups excluding carboxylic acids is 1. The summed E-state index contributed by atoms with van der Waals surface area (Å²) in [6.07, 6.45) is 6.97. The van der Waals surface area contributed by atoms with Gasteiger partial charge in [0.2, 0.25) is 5.91 Å². The number of piperazine rings is 1. The van der Waals surface area contributed by atoms with Crippen molar-refractivity contribution in [3.8, 4) is 0 Å². The van der Waals surface area contributed by atoms with Gasteiger partial charge in [-0.25, -0.2) is 4.98 Å². The zero-order valence-electron chi connectivity index (χ0n) is 15.9. The highest BCUT2D eigenvalue weighted by molar-refractivity contribution is 5.80. The van der Waals surface area contributed by atoms with E-state index in [2.05, 4.69) is 56.0 Å². The smallest absolute Gasteiger partial charge is 0.226 e. The van der Waals surface area contributed by atoms with Crippen molar-refractivity contribution >= 4 is 11.7 Å². The molecule has 6 heteroatoms. The molecule has 0 aliphatic carbocycles. The molecule has 2 saturated heterocycles. The third kappa shape index (κ3) is 3.95. The van der Waals surface area contributed by atoms with Gasteiger partial charge >= 0.3 is 0 Å². The summed E-state index contributed by atoms with van der Waals surface area (Å²) in [4.78, 5) is 28.6. The molecule has 0 N–H and O–H groups in total. The van der Waals surface area contributed by atoms with E-state index in [1.165, 1.54) is 5.56 Å². The number of rotatable bonds is 3. The first-order valence-electron chi connectivity index (χ1n) is 9.77. The highest BCUT2D eigenvalue weighted by atomic mass is 16.2. The highest BCUT2D eigenvalue weighted by Gasteiger charge is 2.35. The average molecular weight is 365 g/mol. The van der Waals surface area contributed by atoms with Gasteiger partial charge in [0.05, 0.1) is 12.2 Å². The fraction of sp³-hybridized carbons (Fsp3) is 0.476. The van der Waals surface area contributed by atoms with Crippen molar-refractivity contribution in [3.05, 3.63) is 54.5 Å². The van der Waals surface area contributed by atoms with Crippen molar-refractivity contribution in [2.45, 2.75) is 18.9 Å². The number of likely N-dealkylation sites (N-methyl/N-ethyl adjacent to an activating group) is 1. The van der Waals surface area contributed by atoms with E-state index in [1.807, 2.05) is 6.07 Å². The molecule has 142 valence electrons. The highest BCUT2D eigenvalue weighted by Crippen LogP contribution is 2.30. The van der Waals surface area contributed by atoms with Crippen molar-refractivity contribution in [1.29, 1.82) is 0 Å². The van der Waals surface area contributed by atoms with Crippen molar-refractivity contribution in [2.24, 2.45) is 5.92 Å². The number of benzene rings is 1. The molecule has 27 heavy (non-hydrogen) atoms. The number of hydrogen-bond acceptors (Lipinski definition) is 5. The Morgan fingerprint density at radius 2 is 1.81 bits per heavy atom. The maximum atomic E-state index is 13.3. The molecule has 1 unspecified atom stereocenters. The molecule has 2 aliphatic rings. The summed E-state index contributed by atoms with van der Waals surface area (Å²) in [7, 11) is 2.14. The summed E-state index contributed by atoms with van der Waals surface area (Å²) in [5.74, 6) is 1.33. The van der Waals surface area contributed by atoms with E-state index in [9.17, 15) is 4.79 Å².